The van der Waals surface area contributed by atoms with Crippen molar-refractivity contribution < 1.29 is 4.74 Å². The number of rotatable bonds is 3. The third-order valence-corrected chi connectivity index (χ3v) is 7.68. The third-order valence-electron chi connectivity index (χ3n) is 2.70. The molecule has 0 unspecified atom stereocenters. The first-order valence-electron chi connectivity index (χ1n) is 4.39. The van der Waals surface area contributed by atoms with Crippen LogP contribution in [0.5, 0.6) is 0 Å². The molecule has 1 nitrogen and oxygen atoms in total. The second-order valence-electron chi connectivity index (χ2n) is 4.77. The lowest BCUT2D eigenvalue weighted by Gasteiger charge is -2.36. The molecule has 0 amide bonds. The summed E-state index contributed by atoms with van der Waals surface area (Å²) in [4.78, 5) is 0. The summed E-state index contributed by atoms with van der Waals surface area (Å²) in [6.45, 7) is 14.7. The molecule has 0 aromatic rings. The van der Waals surface area contributed by atoms with Gasteiger partial charge in [-0.3, -0.25) is 0 Å². The highest BCUT2D eigenvalue weighted by molar-refractivity contribution is 6.80. The van der Waals surface area contributed by atoms with Gasteiger partial charge in [-0.15, -0.1) is 0 Å². The van der Waals surface area contributed by atoms with Crippen molar-refractivity contribution in [3.8, 4) is 0 Å². The van der Waals surface area contributed by atoms with E-state index < -0.39 is 8.07 Å². The quantitative estimate of drug-likeness (QED) is 0.598. The van der Waals surface area contributed by atoms with Crippen LogP contribution in [0, 0.1) is 0 Å². The Hall–Kier alpha value is 0.177. The number of hydrogen-bond donors (Lipinski definition) is 0. The molecule has 0 spiro atoms. The van der Waals surface area contributed by atoms with E-state index in [0.717, 1.165) is 12.8 Å². The van der Waals surface area contributed by atoms with Gasteiger partial charge in [-0.1, -0.05) is 33.9 Å². The summed E-state index contributed by atoms with van der Waals surface area (Å²) >= 11 is 0. The van der Waals surface area contributed by atoms with E-state index in [2.05, 4.69) is 40.8 Å². The van der Waals surface area contributed by atoms with E-state index in [1.807, 2.05) is 0 Å². The number of hydrogen-bond acceptors (Lipinski definition) is 1. The van der Waals surface area contributed by atoms with Crippen molar-refractivity contribution in [2.45, 2.75) is 45.8 Å². The van der Waals surface area contributed by atoms with E-state index in [-0.39, 0.29) is 0 Å². The molecule has 0 heterocycles. The Morgan fingerprint density at radius 3 is 1.91 bits per heavy atom. The molecular weight excluding hydrogens is 152 g/mol. The zero-order chi connectivity index (χ0) is 9.12. The molecule has 11 heavy (non-hydrogen) atoms. The van der Waals surface area contributed by atoms with Crippen LogP contribution in [-0.4, -0.2) is 20.9 Å². The smallest absolute Gasteiger partial charge is 0.0829 e. The van der Waals surface area contributed by atoms with Gasteiger partial charge in [0, 0.05) is 12.8 Å². The van der Waals surface area contributed by atoms with E-state index in [9.17, 15) is 0 Å². The molecule has 0 aliphatic heterocycles. The van der Waals surface area contributed by atoms with Crippen LogP contribution in [-0.2, 0) is 4.74 Å². The topological polar surface area (TPSA) is 9.23 Å². The SMILES string of the molecule is CCOC[Si](C)(C)C(C)(C)C. The van der Waals surface area contributed by atoms with Gasteiger partial charge >= 0.3 is 0 Å². The maximum absolute atomic E-state index is 5.49. The van der Waals surface area contributed by atoms with Crippen LogP contribution in [0.25, 0.3) is 0 Å². The number of ether oxygens (including phenoxy) is 1. The Kier molecular flexibility index (Phi) is 3.78. The van der Waals surface area contributed by atoms with E-state index in [0.29, 0.717) is 5.04 Å². The van der Waals surface area contributed by atoms with E-state index in [4.69, 9.17) is 4.74 Å². The molecule has 0 aromatic heterocycles. The van der Waals surface area contributed by atoms with Gasteiger partial charge in [0.2, 0.25) is 0 Å². The van der Waals surface area contributed by atoms with Crippen LogP contribution in [0.15, 0.2) is 0 Å². The van der Waals surface area contributed by atoms with Gasteiger partial charge in [0.05, 0.1) is 8.07 Å². The van der Waals surface area contributed by atoms with Crippen LogP contribution >= 0.6 is 0 Å². The van der Waals surface area contributed by atoms with Crippen molar-refractivity contribution in [3.63, 3.8) is 0 Å². The van der Waals surface area contributed by atoms with Gasteiger partial charge in [0.25, 0.3) is 0 Å². The van der Waals surface area contributed by atoms with Gasteiger partial charge in [-0.25, -0.2) is 0 Å². The van der Waals surface area contributed by atoms with Crippen molar-refractivity contribution in [1.82, 2.24) is 0 Å². The lowest BCUT2D eigenvalue weighted by atomic mass is 10.2. The summed E-state index contributed by atoms with van der Waals surface area (Å²) < 4.78 is 5.49. The molecule has 68 valence electrons. The second kappa shape index (κ2) is 3.72. The van der Waals surface area contributed by atoms with Gasteiger partial charge < -0.3 is 4.74 Å². The highest BCUT2D eigenvalue weighted by Gasteiger charge is 2.34. The van der Waals surface area contributed by atoms with Crippen molar-refractivity contribution >= 4 is 8.07 Å². The third kappa shape index (κ3) is 3.39. The Bertz CT molecular complexity index is 113. The van der Waals surface area contributed by atoms with Crippen LogP contribution in [0.2, 0.25) is 18.1 Å². The molecule has 0 radical (unpaired) electrons. The molecule has 0 atom stereocenters. The minimum atomic E-state index is -1.15. The molecule has 0 aromatic carbocycles. The van der Waals surface area contributed by atoms with Gasteiger partial charge in [-0.05, 0) is 12.0 Å². The summed E-state index contributed by atoms with van der Waals surface area (Å²) in [6.07, 6.45) is 0.993. The minimum absolute atomic E-state index is 0.460. The molecule has 0 bridgehead atoms. The lowest BCUT2D eigenvalue weighted by Crippen LogP contribution is -2.42. The molecule has 2 heteroatoms. The maximum Gasteiger partial charge on any atom is 0.0829 e. The first-order chi connectivity index (χ1) is 4.81. The second-order valence-corrected chi connectivity index (χ2v) is 10.3. The standard InChI is InChI=1S/C9H22OSi/c1-7-10-8-11(5,6)9(2,3)4/h7-8H2,1-6H3. The highest BCUT2D eigenvalue weighted by atomic mass is 28.3. The molecule has 0 fully saturated rings. The minimum Gasteiger partial charge on any atom is -0.385 e. The largest absolute Gasteiger partial charge is 0.385 e. The zero-order valence-electron chi connectivity index (χ0n) is 8.82. The van der Waals surface area contributed by atoms with Crippen molar-refractivity contribution in [1.29, 1.82) is 0 Å². The Morgan fingerprint density at radius 2 is 1.64 bits per heavy atom. The molecule has 0 aliphatic carbocycles. The predicted octanol–water partition coefficient (Wildman–Crippen LogP) is 3.07. The average molecular weight is 174 g/mol. The fourth-order valence-electron chi connectivity index (χ4n) is 0.574. The van der Waals surface area contributed by atoms with Crippen LogP contribution in [0.3, 0.4) is 0 Å². The van der Waals surface area contributed by atoms with E-state index in [1.165, 1.54) is 0 Å². The van der Waals surface area contributed by atoms with Crippen molar-refractivity contribution in [2.24, 2.45) is 0 Å². The summed E-state index contributed by atoms with van der Waals surface area (Å²) in [7, 11) is -1.15. The summed E-state index contributed by atoms with van der Waals surface area (Å²) in [5.74, 6) is 0. The summed E-state index contributed by atoms with van der Waals surface area (Å²) in [6, 6.07) is 0. The summed E-state index contributed by atoms with van der Waals surface area (Å²) in [5, 5.41) is 0.460. The normalized spacial score (nSPS) is 13.6. The monoisotopic (exact) mass is 174 g/mol. The fraction of sp³-hybridized carbons (Fsp3) is 1.00. The van der Waals surface area contributed by atoms with Gasteiger partial charge in [-0.2, -0.15) is 0 Å². The van der Waals surface area contributed by atoms with Gasteiger partial charge in [0.1, 0.15) is 0 Å². The Balaban J connectivity index is 4.00. The Morgan fingerprint density at radius 1 is 1.18 bits per heavy atom. The van der Waals surface area contributed by atoms with Crippen LogP contribution in [0.1, 0.15) is 27.7 Å². The zero-order valence-corrected chi connectivity index (χ0v) is 9.82. The van der Waals surface area contributed by atoms with Gasteiger partial charge in [0.15, 0.2) is 0 Å². The highest BCUT2D eigenvalue weighted by Crippen LogP contribution is 2.35. The van der Waals surface area contributed by atoms with Crippen molar-refractivity contribution in [3.05, 3.63) is 0 Å². The molecule has 0 aliphatic rings. The molecular formula is C9H22OSi. The first-order valence-corrected chi connectivity index (χ1v) is 7.60. The van der Waals surface area contributed by atoms with Crippen molar-refractivity contribution in [2.75, 3.05) is 12.8 Å². The fourth-order valence-corrected chi connectivity index (χ4v) is 1.72. The summed E-state index contributed by atoms with van der Waals surface area (Å²) in [5.41, 5.74) is 0. The molecule has 0 saturated carbocycles. The van der Waals surface area contributed by atoms with Crippen LogP contribution < -0.4 is 0 Å². The average Bonchev–Trinajstić information content (AvgIpc) is 1.81. The van der Waals surface area contributed by atoms with E-state index in [1.54, 1.807) is 0 Å². The maximum atomic E-state index is 5.49. The lowest BCUT2D eigenvalue weighted by molar-refractivity contribution is 0.185. The van der Waals surface area contributed by atoms with E-state index >= 15 is 0 Å². The molecule has 0 saturated heterocycles. The molecule has 0 rings (SSSR count). The van der Waals surface area contributed by atoms with Crippen LogP contribution in [0.4, 0.5) is 0 Å². The molecule has 0 N–H and O–H groups in total. The first kappa shape index (κ1) is 11.2. The predicted molar refractivity (Wildman–Crippen MR) is 53.7 cm³/mol. The Labute approximate surface area is 72.2 Å².